The van der Waals surface area contributed by atoms with E-state index in [1.54, 1.807) is 18.1 Å². The van der Waals surface area contributed by atoms with Gasteiger partial charge < -0.3 is 19.8 Å². The van der Waals surface area contributed by atoms with Crippen LogP contribution in [0.4, 0.5) is 0 Å². The topological polar surface area (TPSA) is 87.8 Å². The van der Waals surface area contributed by atoms with Crippen molar-refractivity contribution in [3.63, 3.8) is 0 Å². The molecule has 2 N–H and O–H groups in total. The highest BCUT2D eigenvalue weighted by atomic mass is 35.5. The van der Waals surface area contributed by atoms with Crippen molar-refractivity contribution in [1.29, 1.82) is 0 Å². The van der Waals surface area contributed by atoms with Crippen LogP contribution in [0.1, 0.15) is 29.8 Å². The zero-order valence-corrected chi connectivity index (χ0v) is 13.2. The van der Waals surface area contributed by atoms with Crippen LogP contribution in [0.15, 0.2) is 6.20 Å². The Bertz CT molecular complexity index is 568. The molecule has 0 bridgehead atoms. The molecule has 7 nitrogen and oxygen atoms in total. The molecule has 1 spiro atoms. The fourth-order valence-corrected chi connectivity index (χ4v) is 3.43. The highest BCUT2D eigenvalue weighted by Crippen LogP contribution is 2.35. The number of piperidine rings is 1. The van der Waals surface area contributed by atoms with Gasteiger partial charge in [0.25, 0.3) is 5.91 Å². The fourth-order valence-electron chi connectivity index (χ4n) is 3.17. The molecule has 22 heavy (non-hydrogen) atoms. The standard InChI is InChI=1S/C14H20ClN3O4/c1-17-7-9(15)12(16-17)13(21)18-4-2-14(3-5-18)6-10(19)11(20)8-22-14/h7,10-11,19-20H,2-6,8H2,1H3/t10-,11+/m1/s1. The van der Waals surface area contributed by atoms with E-state index in [-0.39, 0.29) is 18.2 Å². The number of amides is 1. The quantitative estimate of drug-likeness (QED) is 0.768. The van der Waals surface area contributed by atoms with E-state index in [1.165, 1.54) is 4.68 Å². The predicted octanol–water partition coefficient (Wildman–Crippen LogP) is 0.190. The van der Waals surface area contributed by atoms with Crippen molar-refractivity contribution < 1.29 is 19.7 Å². The van der Waals surface area contributed by atoms with Crippen molar-refractivity contribution in [2.24, 2.45) is 7.05 Å². The van der Waals surface area contributed by atoms with Crippen LogP contribution < -0.4 is 0 Å². The van der Waals surface area contributed by atoms with Crippen LogP contribution in [0.3, 0.4) is 0 Å². The van der Waals surface area contributed by atoms with E-state index >= 15 is 0 Å². The number of ether oxygens (including phenoxy) is 1. The van der Waals surface area contributed by atoms with Crippen LogP contribution in [-0.4, -0.2) is 68.3 Å². The molecule has 3 heterocycles. The summed E-state index contributed by atoms with van der Waals surface area (Å²) in [7, 11) is 1.72. The van der Waals surface area contributed by atoms with Gasteiger partial charge in [0.1, 0.15) is 6.10 Å². The maximum atomic E-state index is 12.5. The minimum Gasteiger partial charge on any atom is -0.390 e. The number of rotatable bonds is 1. The Labute approximate surface area is 133 Å². The number of nitrogens with zero attached hydrogens (tertiary/aromatic N) is 3. The van der Waals surface area contributed by atoms with Gasteiger partial charge in [-0.1, -0.05) is 11.6 Å². The molecular weight excluding hydrogens is 310 g/mol. The average Bonchev–Trinajstić information content (AvgIpc) is 2.82. The number of halogens is 1. The average molecular weight is 330 g/mol. The number of aryl methyl sites for hydroxylation is 1. The smallest absolute Gasteiger partial charge is 0.275 e. The lowest BCUT2D eigenvalue weighted by Crippen LogP contribution is -2.55. The molecule has 122 valence electrons. The number of hydrogen-bond donors (Lipinski definition) is 2. The first-order valence-electron chi connectivity index (χ1n) is 7.39. The highest BCUT2D eigenvalue weighted by molar-refractivity contribution is 6.33. The lowest BCUT2D eigenvalue weighted by atomic mass is 9.82. The minimum atomic E-state index is -0.822. The molecule has 0 saturated carbocycles. The van der Waals surface area contributed by atoms with Crippen LogP contribution in [0.5, 0.6) is 0 Å². The molecule has 0 radical (unpaired) electrons. The van der Waals surface area contributed by atoms with Crippen LogP contribution in [-0.2, 0) is 11.8 Å². The van der Waals surface area contributed by atoms with Crippen molar-refractivity contribution in [3.8, 4) is 0 Å². The number of aliphatic hydroxyl groups is 2. The summed E-state index contributed by atoms with van der Waals surface area (Å²) < 4.78 is 7.27. The number of aromatic nitrogens is 2. The summed E-state index contributed by atoms with van der Waals surface area (Å²) in [6.45, 7) is 1.18. The van der Waals surface area contributed by atoms with Gasteiger partial charge in [0, 0.05) is 32.8 Å². The number of aliphatic hydroxyl groups excluding tert-OH is 2. The number of hydrogen-bond acceptors (Lipinski definition) is 5. The maximum Gasteiger partial charge on any atom is 0.275 e. The second-order valence-electron chi connectivity index (χ2n) is 6.12. The Hall–Kier alpha value is -1.15. The first kappa shape index (κ1) is 15.7. The summed E-state index contributed by atoms with van der Waals surface area (Å²) in [6.07, 6.45) is 1.68. The van der Waals surface area contributed by atoms with E-state index in [0.29, 0.717) is 37.4 Å². The molecule has 2 fully saturated rings. The van der Waals surface area contributed by atoms with Gasteiger partial charge in [-0.15, -0.1) is 0 Å². The van der Waals surface area contributed by atoms with Gasteiger partial charge in [0.05, 0.1) is 23.3 Å². The van der Waals surface area contributed by atoms with Crippen molar-refractivity contribution in [3.05, 3.63) is 16.9 Å². The van der Waals surface area contributed by atoms with E-state index in [1.807, 2.05) is 0 Å². The number of carbonyl (C=O) groups excluding carboxylic acids is 1. The van der Waals surface area contributed by atoms with Gasteiger partial charge in [-0.3, -0.25) is 9.48 Å². The first-order chi connectivity index (χ1) is 10.4. The summed E-state index contributed by atoms with van der Waals surface area (Å²) in [5.41, 5.74) is -0.177. The molecule has 2 saturated heterocycles. The van der Waals surface area contributed by atoms with E-state index in [4.69, 9.17) is 16.3 Å². The summed E-state index contributed by atoms with van der Waals surface area (Å²) in [5.74, 6) is -0.183. The summed E-state index contributed by atoms with van der Waals surface area (Å²) in [5, 5.41) is 23.8. The molecule has 0 unspecified atom stereocenters. The molecule has 8 heteroatoms. The molecule has 3 rings (SSSR count). The minimum absolute atomic E-state index is 0.140. The van der Waals surface area contributed by atoms with E-state index in [9.17, 15) is 15.0 Å². The molecule has 2 aliphatic rings. The van der Waals surface area contributed by atoms with Gasteiger partial charge in [-0.2, -0.15) is 5.10 Å². The first-order valence-corrected chi connectivity index (χ1v) is 7.76. The Morgan fingerprint density at radius 2 is 2.09 bits per heavy atom. The van der Waals surface area contributed by atoms with Crippen molar-refractivity contribution in [2.45, 2.75) is 37.1 Å². The third-order valence-electron chi connectivity index (χ3n) is 4.53. The van der Waals surface area contributed by atoms with Gasteiger partial charge in [0.2, 0.25) is 0 Å². The van der Waals surface area contributed by atoms with Gasteiger partial charge in [-0.25, -0.2) is 0 Å². The maximum absolute atomic E-state index is 12.5. The number of likely N-dealkylation sites (tertiary alicyclic amines) is 1. The Morgan fingerprint density at radius 3 is 2.64 bits per heavy atom. The lowest BCUT2D eigenvalue weighted by molar-refractivity contribution is -0.185. The fraction of sp³-hybridized carbons (Fsp3) is 0.714. The summed E-state index contributed by atoms with van der Waals surface area (Å²) in [4.78, 5) is 14.2. The van der Waals surface area contributed by atoms with Crippen molar-refractivity contribution in [1.82, 2.24) is 14.7 Å². The largest absolute Gasteiger partial charge is 0.390 e. The van der Waals surface area contributed by atoms with E-state index in [0.717, 1.165) is 0 Å². The predicted molar refractivity (Wildman–Crippen MR) is 78.7 cm³/mol. The molecule has 0 aliphatic carbocycles. The molecule has 1 aromatic rings. The lowest BCUT2D eigenvalue weighted by Gasteiger charge is -2.46. The Balaban J connectivity index is 1.64. The summed E-state index contributed by atoms with van der Waals surface area (Å²) in [6, 6.07) is 0. The highest BCUT2D eigenvalue weighted by Gasteiger charge is 2.43. The van der Waals surface area contributed by atoms with Crippen LogP contribution in [0.2, 0.25) is 5.02 Å². The van der Waals surface area contributed by atoms with Crippen LogP contribution in [0, 0.1) is 0 Å². The van der Waals surface area contributed by atoms with Crippen molar-refractivity contribution in [2.75, 3.05) is 19.7 Å². The van der Waals surface area contributed by atoms with Crippen LogP contribution >= 0.6 is 11.6 Å². The normalized spacial score (nSPS) is 28.1. The van der Waals surface area contributed by atoms with Gasteiger partial charge >= 0.3 is 0 Å². The molecule has 1 aromatic heterocycles. The van der Waals surface area contributed by atoms with E-state index in [2.05, 4.69) is 5.10 Å². The molecule has 2 atom stereocenters. The monoisotopic (exact) mass is 329 g/mol. The van der Waals surface area contributed by atoms with Gasteiger partial charge in [0.15, 0.2) is 5.69 Å². The Kier molecular flexibility index (Phi) is 4.15. The summed E-state index contributed by atoms with van der Waals surface area (Å²) >= 11 is 6.02. The molecule has 2 aliphatic heterocycles. The third kappa shape index (κ3) is 2.86. The van der Waals surface area contributed by atoms with Gasteiger partial charge in [-0.05, 0) is 12.8 Å². The van der Waals surface area contributed by atoms with E-state index < -0.39 is 17.8 Å². The van der Waals surface area contributed by atoms with Crippen LogP contribution in [0.25, 0.3) is 0 Å². The molecule has 0 aromatic carbocycles. The Morgan fingerprint density at radius 1 is 1.41 bits per heavy atom. The number of carbonyl (C=O) groups is 1. The third-order valence-corrected chi connectivity index (χ3v) is 4.81. The van der Waals surface area contributed by atoms with Crippen molar-refractivity contribution >= 4 is 17.5 Å². The SMILES string of the molecule is Cn1cc(Cl)c(C(=O)N2CCC3(CC2)C[C@@H](O)[C@@H](O)CO3)n1. The second kappa shape index (κ2) is 5.81. The molecular formula is C14H20ClN3O4. The zero-order chi connectivity index (χ0) is 15.9. The zero-order valence-electron chi connectivity index (χ0n) is 12.4. The second-order valence-corrected chi connectivity index (χ2v) is 6.53. The molecule has 1 amide bonds.